The predicted octanol–water partition coefficient (Wildman–Crippen LogP) is 4.04. The molecule has 2 amide bonds. The van der Waals surface area contributed by atoms with Crippen LogP contribution in [-0.4, -0.2) is 28.4 Å². The number of aromatic nitrogens is 1. The van der Waals surface area contributed by atoms with Crippen LogP contribution < -0.4 is 5.32 Å². The lowest BCUT2D eigenvalue weighted by atomic mass is 9.98. The van der Waals surface area contributed by atoms with E-state index < -0.39 is 5.91 Å². The Morgan fingerprint density at radius 3 is 2.56 bits per heavy atom. The summed E-state index contributed by atoms with van der Waals surface area (Å²) in [5.41, 5.74) is 1.99. The third-order valence-corrected chi connectivity index (χ3v) is 5.36. The van der Waals surface area contributed by atoms with Gasteiger partial charge in [-0.05, 0) is 61.7 Å². The summed E-state index contributed by atoms with van der Waals surface area (Å²) in [5.74, 6) is -0.173. The van der Waals surface area contributed by atoms with Gasteiger partial charge in [0, 0.05) is 23.9 Å². The number of anilines is 1. The van der Waals surface area contributed by atoms with Crippen molar-refractivity contribution < 1.29 is 14.1 Å². The number of piperidine rings is 1. The largest absolute Gasteiger partial charge is 0.358 e. The molecule has 8 nitrogen and oxygen atoms in total. The molecular formula is C24H19N5O3. The summed E-state index contributed by atoms with van der Waals surface area (Å²) in [6.07, 6.45) is 2.49. The Morgan fingerprint density at radius 1 is 1.03 bits per heavy atom. The number of rotatable bonds is 4. The maximum Gasteiger partial charge on any atom is 0.277 e. The molecule has 158 valence electrons. The van der Waals surface area contributed by atoms with Crippen LogP contribution in [0.2, 0.25) is 0 Å². The van der Waals surface area contributed by atoms with Gasteiger partial charge in [-0.25, -0.2) is 0 Å². The van der Waals surface area contributed by atoms with E-state index in [1.165, 1.54) is 0 Å². The van der Waals surface area contributed by atoms with Gasteiger partial charge in [0.15, 0.2) is 11.5 Å². The first-order valence-corrected chi connectivity index (χ1v) is 10.2. The van der Waals surface area contributed by atoms with Crippen molar-refractivity contribution in [2.45, 2.75) is 25.3 Å². The maximum absolute atomic E-state index is 13.1. The smallest absolute Gasteiger partial charge is 0.277 e. The van der Waals surface area contributed by atoms with E-state index >= 15 is 0 Å². The van der Waals surface area contributed by atoms with Crippen LogP contribution in [-0.2, 0) is 0 Å². The van der Waals surface area contributed by atoms with E-state index in [1.807, 2.05) is 12.1 Å². The van der Waals surface area contributed by atoms with Crippen LogP contribution in [0, 0.1) is 22.7 Å². The van der Waals surface area contributed by atoms with E-state index in [0.29, 0.717) is 41.1 Å². The first-order valence-electron chi connectivity index (χ1n) is 10.2. The molecule has 2 heterocycles. The van der Waals surface area contributed by atoms with E-state index in [-0.39, 0.29) is 17.6 Å². The molecule has 3 aromatic rings. The number of hydrogen-bond donors (Lipinski definition) is 1. The van der Waals surface area contributed by atoms with Crippen LogP contribution in [0.1, 0.15) is 63.0 Å². The van der Waals surface area contributed by atoms with Crippen molar-refractivity contribution in [3.63, 3.8) is 0 Å². The van der Waals surface area contributed by atoms with Crippen LogP contribution in [0.25, 0.3) is 0 Å². The zero-order chi connectivity index (χ0) is 22.5. The molecule has 8 heteroatoms. The Balaban J connectivity index is 1.52. The number of benzene rings is 2. The molecule has 0 spiro atoms. The van der Waals surface area contributed by atoms with Crippen molar-refractivity contribution in [3.8, 4) is 12.1 Å². The molecule has 0 saturated carbocycles. The molecule has 0 bridgehead atoms. The summed E-state index contributed by atoms with van der Waals surface area (Å²) in [6.45, 7) is 0.562. The average molecular weight is 425 g/mol. The van der Waals surface area contributed by atoms with Gasteiger partial charge in [-0.2, -0.15) is 10.5 Å². The molecule has 0 radical (unpaired) electrons. The summed E-state index contributed by atoms with van der Waals surface area (Å²) in [5, 5.41) is 24.6. The molecule has 1 saturated heterocycles. The lowest BCUT2D eigenvalue weighted by Gasteiger charge is -2.34. The molecule has 1 unspecified atom stereocenters. The highest BCUT2D eigenvalue weighted by molar-refractivity contribution is 6.03. The Bertz CT molecular complexity index is 1230. The quantitative estimate of drug-likeness (QED) is 0.673. The Hall–Kier alpha value is -4.43. The molecule has 2 aromatic carbocycles. The average Bonchev–Trinajstić information content (AvgIpc) is 3.34. The van der Waals surface area contributed by atoms with E-state index in [0.717, 1.165) is 12.8 Å². The van der Waals surface area contributed by atoms with Crippen LogP contribution >= 0.6 is 0 Å². The molecule has 1 N–H and O–H groups in total. The first kappa shape index (κ1) is 20.8. The van der Waals surface area contributed by atoms with Crippen LogP contribution in [0.4, 0.5) is 5.69 Å². The van der Waals surface area contributed by atoms with Gasteiger partial charge in [0.05, 0.1) is 29.3 Å². The standard InChI is InChI=1S/C24H19N5O3/c25-14-16-7-9-18(10-8-16)24(31)29-11-2-1-6-21(29)22-13-20(28-32-22)23(30)27-19-5-3-4-17(12-19)15-26/h3-5,7-10,12-13,21H,1-2,6,11H2,(H,27,30). The van der Waals surface area contributed by atoms with E-state index in [2.05, 4.69) is 10.5 Å². The molecule has 1 atom stereocenters. The number of hydrogen-bond acceptors (Lipinski definition) is 6. The normalized spacial score (nSPS) is 15.4. The van der Waals surface area contributed by atoms with Crippen molar-refractivity contribution in [2.24, 2.45) is 0 Å². The van der Waals surface area contributed by atoms with Crippen molar-refractivity contribution in [2.75, 3.05) is 11.9 Å². The summed E-state index contributed by atoms with van der Waals surface area (Å²) in [7, 11) is 0. The topological polar surface area (TPSA) is 123 Å². The maximum atomic E-state index is 13.1. The van der Waals surface area contributed by atoms with Crippen LogP contribution in [0.15, 0.2) is 59.1 Å². The minimum Gasteiger partial charge on any atom is -0.358 e. The van der Waals surface area contributed by atoms with Crippen LogP contribution in [0.3, 0.4) is 0 Å². The van der Waals surface area contributed by atoms with E-state index in [1.54, 1.807) is 59.5 Å². The second-order valence-electron chi connectivity index (χ2n) is 7.46. The van der Waals surface area contributed by atoms with Gasteiger partial charge in [-0.3, -0.25) is 9.59 Å². The van der Waals surface area contributed by atoms with Gasteiger partial charge in [0.25, 0.3) is 11.8 Å². The predicted molar refractivity (Wildman–Crippen MR) is 114 cm³/mol. The van der Waals surface area contributed by atoms with Gasteiger partial charge in [0.1, 0.15) is 0 Å². The molecule has 1 aliphatic rings. The second kappa shape index (κ2) is 9.15. The van der Waals surface area contributed by atoms with Crippen molar-refractivity contribution in [1.82, 2.24) is 10.1 Å². The van der Waals surface area contributed by atoms with E-state index in [4.69, 9.17) is 15.0 Å². The lowest BCUT2D eigenvalue weighted by Crippen LogP contribution is -2.38. The third kappa shape index (κ3) is 4.35. The first-order chi connectivity index (χ1) is 15.6. The molecule has 1 aromatic heterocycles. The number of amides is 2. The molecule has 1 fully saturated rings. The third-order valence-electron chi connectivity index (χ3n) is 5.36. The number of nitrogens with zero attached hydrogens (tertiary/aromatic N) is 4. The van der Waals surface area contributed by atoms with Gasteiger partial charge in [-0.1, -0.05) is 11.2 Å². The molecule has 4 rings (SSSR count). The Labute approximate surface area is 184 Å². The molecule has 1 aliphatic heterocycles. The van der Waals surface area contributed by atoms with Gasteiger partial charge >= 0.3 is 0 Å². The fourth-order valence-corrected chi connectivity index (χ4v) is 3.74. The minimum atomic E-state index is -0.462. The van der Waals surface area contributed by atoms with Crippen molar-refractivity contribution in [1.29, 1.82) is 10.5 Å². The molecule has 0 aliphatic carbocycles. The zero-order valence-corrected chi connectivity index (χ0v) is 17.1. The summed E-state index contributed by atoms with van der Waals surface area (Å²) in [6, 6.07) is 18.4. The Kier molecular flexibility index (Phi) is 5.96. The molecule has 32 heavy (non-hydrogen) atoms. The fourth-order valence-electron chi connectivity index (χ4n) is 3.74. The van der Waals surface area contributed by atoms with Gasteiger partial charge in [0.2, 0.25) is 0 Å². The highest BCUT2D eigenvalue weighted by Crippen LogP contribution is 2.32. The highest BCUT2D eigenvalue weighted by atomic mass is 16.5. The van der Waals surface area contributed by atoms with Crippen molar-refractivity contribution in [3.05, 3.63) is 82.7 Å². The number of carbonyl (C=O) groups excluding carboxylic acids is 2. The Morgan fingerprint density at radius 2 is 1.81 bits per heavy atom. The summed E-state index contributed by atoms with van der Waals surface area (Å²) < 4.78 is 5.46. The second-order valence-corrected chi connectivity index (χ2v) is 7.46. The number of likely N-dealkylation sites (tertiary alicyclic amines) is 1. The monoisotopic (exact) mass is 425 g/mol. The van der Waals surface area contributed by atoms with Crippen LogP contribution in [0.5, 0.6) is 0 Å². The summed E-state index contributed by atoms with van der Waals surface area (Å²) in [4.78, 5) is 27.4. The number of carbonyl (C=O) groups is 2. The number of nitrogens with one attached hydrogen (secondary N) is 1. The SMILES string of the molecule is N#Cc1ccc(C(=O)N2CCCCC2c2cc(C(=O)Nc3cccc(C#N)c3)no2)cc1. The van der Waals surface area contributed by atoms with E-state index in [9.17, 15) is 9.59 Å². The van der Waals surface area contributed by atoms with Gasteiger partial charge < -0.3 is 14.7 Å². The van der Waals surface area contributed by atoms with Crippen molar-refractivity contribution >= 4 is 17.5 Å². The van der Waals surface area contributed by atoms with Gasteiger partial charge in [-0.15, -0.1) is 0 Å². The minimum absolute atomic E-state index is 0.0960. The fraction of sp³-hybridized carbons (Fsp3) is 0.208. The zero-order valence-electron chi connectivity index (χ0n) is 17.1. The number of nitriles is 2. The lowest BCUT2D eigenvalue weighted by molar-refractivity contribution is 0.0570. The summed E-state index contributed by atoms with van der Waals surface area (Å²) >= 11 is 0. The molecular weight excluding hydrogens is 406 g/mol. The highest BCUT2D eigenvalue weighted by Gasteiger charge is 2.32.